The fourth-order valence-corrected chi connectivity index (χ4v) is 2.77. The van der Waals surface area contributed by atoms with E-state index >= 15 is 0 Å². The smallest absolute Gasteiger partial charge is 0.331 e. The number of methoxy groups -OCH3 is 1. The summed E-state index contributed by atoms with van der Waals surface area (Å²) < 4.78 is 10.8. The molecule has 2 atom stereocenters. The molecular weight excluding hydrogens is 290 g/mol. The molecule has 1 N–H and O–H groups in total. The van der Waals surface area contributed by atoms with Gasteiger partial charge in [-0.2, -0.15) is 0 Å². The molecule has 0 saturated carbocycles. The van der Waals surface area contributed by atoms with Gasteiger partial charge in [-0.05, 0) is 36.3 Å². The normalized spacial score (nSPS) is 17.7. The molecule has 1 aliphatic rings. The zero-order valence-corrected chi connectivity index (χ0v) is 13.2. The minimum atomic E-state index is -0.353. The molecule has 3 rings (SSSR count). The quantitative estimate of drug-likeness (QED) is 0.857. The number of carbonyl (C=O) groups is 1. The van der Waals surface area contributed by atoms with Gasteiger partial charge in [0.2, 0.25) is 0 Å². The molecule has 0 spiro atoms. The largest absolute Gasteiger partial charge is 0.495 e. The highest BCUT2D eigenvalue weighted by Gasteiger charge is 2.29. The molecule has 0 aromatic heterocycles. The molecule has 4 nitrogen and oxygen atoms in total. The van der Waals surface area contributed by atoms with E-state index in [2.05, 4.69) is 5.32 Å². The number of para-hydroxylation sites is 2. The molecule has 0 radical (unpaired) electrons. The molecule has 2 aromatic rings. The van der Waals surface area contributed by atoms with Gasteiger partial charge < -0.3 is 14.8 Å². The number of anilines is 1. The average Bonchev–Trinajstić information content (AvgIpc) is 3.00. The van der Waals surface area contributed by atoms with Crippen LogP contribution in [0.2, 0.25) is 0 Å². The number of cyclic esters (lactones) is 1. The highest BCUT2D eigenvalue weighted by molar-refractivity contribution is 5.84. The van der Waals surface area contributed by atoms with Gasteiger partial charge in [-0.3, -0.25) is 0 Å². The Kier molecular flexibility index (Phi) is 4.33. The average molecular weight is 309 g/mol. The van der Waals surface area contributed by atoms with Crippen LogP contribution in [-0.4, -0.2) is 19.2 Å². The number of carbonyl (C=O) groups excluding carboxylic acids is 1. The summed E-state index contributed by atoms with van der Waals surface area (Å²) in [5, 5.41) is 3.46. The van der Waals surface area contributed by atoms with Crippen LogP contribution in [0.5, 0.6) is 5.75 Å². The van der Waals surface area contributed by atoms with Crippen LogP contribution >= 0.6 is 0 Å². The predicted octanol–water partition coefficient (Wildman–Crippen LogP) is 3.64. The number of aryl methyl sites for hydroxylation is 1. The fraction of sp³-hybridized carbons (Fsp3) is 0.211. The van der Waals surface area contributed by atoms with Gasteiger partial charge in [-0.1, -0.05) is 36.4 Å². The molecule has 0 unspecified atom stereocenters. The van der Waals surface area contributed by atoms with Crippen molar-refractivity contribution in [3.63, 3.8) is 0 Å². The van der Waals surface area contributed by atoms with Crippen molar-refractivity contribution in [2.45, 2.75) is 19.1 Å². The number of rotatable bonds is 5. The summed E-state index contributed by atoms with van der Waals surface area (Å²) in [5.41, 5.74) is 3.08. The van der Waals surface area contributed by atoms with Gasteiger partial charge >= 0.3 is 5.97 Å². The Bertz CT molecular complexity index is 739. The number of hydrogen-bond acceptors (Lipinski definition) is 4. The van der Waals surface area contributed by atoms with E-state index in [-0.39, 0.29) is 18.1 Å². The van der Waals surface area contributed by atoms with Gasteiger partial charge in [-0.25, -0.2) is 4.79 Å². The lowest BCUT2D eigenvalue weighted by atomic mass is 9.96. The second kappa shape index (κ2) is 6.57. The van der Waals surface area contributed by atoms with Gasteiger partial charge in [0.25, 0.3) is 0 Å². The molecular formula is C19H19NO3. The Morgan fingerprint density at radius 3 is 2.57 bits per heavy atom. The molecule has 1 heterocycles. The highest BCUT2D eigenvalue weighted by atomic mass is 16.5. The van der Waals surface area contributed by atoms with Crippen molar-refractivity contribution in [3.05, 3.63) is 71.8 Å². The second-order valence-corrected chi connectivity index (χ2v) is 5.44. The van der Waals surface area contributed by atoms with E-state index in [1.807, 2.05) is 55.5 Å². The van der Waals surface area contributed by atoms with E-state index in [1.54, 1.807) is 13.2 Å². The van der Waals surface area contributed by atoms with Gasteiger partial charge in [0.05, 0.1) is 18.8 Å². The molecule has 1 aliphatic heterocycles. The fourth-order valence-electron chi connectivity index (χ4n) is 2.77. The lowest BCUT2D eigenvalue weighted by Gasteiger charge is -2.26. The molecule has 0 fully saturated rings. The summed E-state index contributed by atoms with van der Waals surface area (Å²) in [6, 6.07) is 15.6. The molecule has 0 amide bonds. The molecule has 0 bridgehead atoms. The number of benzene rings is 2. The lowest BCUT2D eigenvalue weighted by molar-refractivity contribution is -0.139. The van der Waals surface area contributed by atoms with Crippen molar-refractivity contribution in [2.75, 3.05) is 12.4 Å². The van der Waals surface area contributed by atoms with E-state index in [9.17, 15) is 4.79 Å². The van der Waals surface area contributed by atoms with Crippen molar-refractivity contribution in [1.82, 2.24) is 0 Å². The summed E-state index contributed by atoms with van der Waals surface area (Å²) >= 11 is 0. The van der Waals surface area contributed by atoms with Gasteiger partial charge in [0.15, 0.2) is 0 Å². The third-order valence-corrected chi connectivity index (χ3v) is 3.94. The third-order valence-electron chi connectivity index (χ3n) is 3.94. The van der Waals surface area contributed by atoms with Crippen LogP contribution < -0.4 is 10.1 Å². The third kappa shape index (κ3) is 3.21. The Morgan fingerprint density at radius 2 is 1.87 bits per heavy atom. The zero-order valence-electron chi connectivity index (χ0n) is 13.2. The molecule has 118 valence electrons. The van der Waals surface area contributed by atoms with Crippen LogP contribution in [-0.2, 0) is 9.53 Å². The maximum absolute atomic E-state index is 11.5. The number of ether oxygens (including phenoxy) is 2. The van der Waals surface area contributed by atoms with Crippen molar-refractivity contribution < 1.29 is 14.3 Å². The van der Waals surface area contributed by atoms with E-state index in [0.717, 1.165) is 22.6 Å². The van der Waals surface area contributed by atoms with E-state index in [4.69, 9.17) is 9.47 Å². The first-order chi connectivity index (χ1) is 11.2. The predicted molar refractivity (Wildman–Crippen MR) is 89.6 cm³/mol. The van der Waals surface area contributed by atoms with Crippen molar-refractivity contribution in [3.8, 4) is 5.75 Å². The van der Waals surface area contributed by atoms with Crippen LogP contribution in [0, 0.1) is 6.92 Å². The molecule has 4 heteroatoms. The molecule has 2 aromatic carbocycles. The molecule has 23 heavy (non-hydrogen) atoms. The zero-order chi connectivity index (χ0) is 16.2. The van der Waals surface area contributed by atoms with Gasteiger partial charge in [0.1, 0.15) is 11.9 Å². The summed E-state index contributed by atoms with van der Waals surface area (Å²) in [6.45, 7) is 2.05. The standard InChI is InChI=1S/C19H19NO3/c1-13-7-3-4-8-14(13)19(17-11-12-18(21)23-17)20-15-9-5-6-10-16(15)22-2/h3-12,17,19-20H,1-2H3/t17-,19+/m1/s1. The Balaban J connectivity index is 1.97. The van der Waals surface area contributed by atoms with Crippen LogP contribution in [0.25, 0.3) is 0 Å². The summed E-state index contributed by atoms with van der Waals surface area (Å²) in [4.78, 5) is 11.5. The van der Waals surface area contributed by atoms with Gasteiger partial charge in [-0.15, -0.1) is 0 Å². The SMILES string of the molecule is COc1ccccc1N[C@@H](c1ccccc1C)[C@H]1C=CC(=O)O1. The van der Waals surface area contributed by atoms with E-state index in [0.29, 0.717) is 0 Å². The topological polar surface area (TPSA) is 47.6 Å². The van der Waals surface area contributed by atoms with Crippen LogP contribution in [0.3, 0.4) is 0 Å². The minimum Gasteiger partial charge on any atom is -0.495 e. The lowest BCUT2D eigenvalue weighted by Crippen LogP contribution is -2.26. The first-order valence-corrected chi connectivity index (χ1v) is 7.53. The van der Waals surface area contributed by atoms with Crippen molar-refractivity contribution in [2.24, 2.45) is 0 Å². The van der Waals surface area contributed by atoms with Crippen LogP contribution in [0.4, 0.5) is 5.69 Å². The Hall–Kier alpha value is -2.75. The van der Waals surface area contributed by atoms with E-state index in [1.165, 1.54) is 6.08 Å². The summed E-state index contributed by atoms with van der Waals surface area (Å²) in [7, 11) is 1.64. The summed E-state index contributed by atoms with van der Waals surface area (Å²) in [5.74, 6) is 0.440. The Morgan fingerprint density at radius 1 is 1.13 bits per heavy atom. The molecule has 0 saturated heterocycles. The number of esters is 1. The van der Waals surface area contributed by atoms with E-state index < -0.39 is 0 Å². The maximum Gasteiger partial charge on any atom is 0.331 e. The number of nitrogens with one attached hydrogen (secondary N) is 1. The minimum absolute atomic E-state index is 0.185. The first kappa shape index (κ1) is 15.2. The second-order valence-electron chi connectivity index (χ2n) is 5.44. The van der Waals surface area contributed by atoms with Crippen molar-refractivity contribution in [1.29, 1.82) is 0 Å². The van der Waals surface area contributed by atoms with Crippen LogP contribution in [0.15, 0.2) is 60.7 Å². The highest BCUT2D eigenvalue weighted by Crippen LogP contribution is 2.33. The van der Waals surface area contributed by atoms with Crippen molar-refractivity contribution >= 4 is 11.7 Å². The molecule has 0 aliphatic carbocycles. The number of hydrogen-bond donors (Lipinski definition) is 1. The maximum atomic E-state index is 11.5. The first-order valence-electron chi connectivity index (χ1n) is 7.53. The summed E-state index contributed by atoms with van der Waals surface area (Å²) in [6.07, 6.45) is 2.91. The van der Waals surface area contributed by atoms with Gasteiger partial charge in [0, 0.05) is 6.08 Å². The van der Waals surface area contributed by atoms with Crippen LogP contribution in [0.1, 0.15) is 17.2 Å². The monoisotopic (exact) mass is 309 g/mol. The Labute approximate surface area is 135 Å².